The van der Waals surface area contributed by atoms with E-state index < -0.39 is 40.0 Å². The van der Waals surface area contributed by atoms with Gasteiger partial charge in [0.15, 0.2) is 17.3 Å². The van der Waals surface area contributed by atoms with Gasteiger partial charge in [-0.3, -0.25) is 9.36 Å². The molecule has 3 aromatic rings. The summed E-state index contributed by atoms with van der Waals surface area (Å²) in [5.74, 6) is -4.41. The average molecular weight is 473 g/mol. The number of aromatic nitrogens is 2. The van der Waals surface area contributed by atoms with Gasteiger partial charge in [-0.2, -0.15) is 0 Å². The van der Waals surface area contributed by atoms with Gasteiger partial charge in [-0.1, -0.05) is 5.16 Å². The normalized spacial score (nSPS) is 20.8. The number of anilines is 1. The van der Waals surface area contributed by atoms with Gasteiger partial charge in [0, 0.05) is 18.8 Å². The molecule has 4 heterocycles. The first-order chi connectivity index (χ1) is 16.2. The topological polar surface area (TPSA) is 109 Å². The minimum absolute atomic E-state index is 0.124. The Morgan fingerprint density at radius 1 is 1.26 bits per heavy atom. The molecule has 2 aliphatic heterocycles. The van der Waals surface area contributed by atoms with Crippen LogP contribution in [0.3, 0.4) is 0 Å². The number of halogens is 3. The van der Waals surface area contributed by atoms with Crippen LogP contribution in [0.4, 0.5) is 19.0 Å². The van der Waals surface area contributed by atoms with Crippen LogP contribution in [-0.2, 0) is 4.84 Å². The number of fused-ring (bicyclic) bond motifs is 1. The fourth-order valence-electron chi connectivity index (χ4n) is 4.44. The minimum Gasteiger partial charge on any atom is -0.477 e. The minimum atomic E-state index is -1.58. The molecular formula is C22H18F3N5O4. The van der Waals surface area contributed by atoms with Gasteiger partial charge in [-0.25, -0.2) is 22.9 Å². The highest BCUT2D eigenvalue weighted by Crippen LogP contribution is 2.33. The molecule has 2 fully saturated rings. The standard InChI is InChI=1S/C22H18F3N5O4/c1-34-28-17-9-29(10-22(17)4-5-26-22)20-15(25)7-12-18(31)13(21(32)33)8-30(19(12)27-20)16-3-2-11(23)6-14(16)24/h2-3,6-8,26H,4-5,9-10H2,1H3,(H,32,33)/b28-17-. The lowest BCUT2D eigenvalue weighted by molar-refractivity contribution is 0.0695. The summed E-state index contributed by atoms with van der Waals surface area (Å²) in [6.45, 7) is 1.27. The fraction of sp³-hybridized carbons (Fsp3) is 0.273. The van der Waals surface area contributed by atoms with Crippen LogP contribution in [0, 0.1) is 17.5 Å². The Labute approximate surface area is 190 Å². The molecule has 1 atom stereocenters. The molecule has 0 amide bonds. The maximum atomic E-state index is 15.2. The SMILES string of the molecule is CO/N=C1/CN(c2nc3c(cc2F)c(=O)c(C(=O)O)cn3-c2ccc(F)cc2F)CC12CCN2. The molecule has 1 unspecified atom stereocenters. The molecule has 0 radical (unpaired) electrons. The number of hydrogen-bond donors (Lipinski definition) is 2. The quantitative estimate of drug-likeness (QED) is 0.559. The summed E-state index contributed by atoms with van der Waals surface area (Å²) in [6.07, 6.45) is 1.66. The van der Waals surface area contributed by atoms with E-state index in [0.29, 0.717) is 18.3 Å². The number of benzene rings is 1. The average Bonchev–Trinajstić information content (AvgIpc) is 3.14. The van der Waals surface area contributed by atoms with Crippen molar-refractivity contribution in [2.45, 2.75) is 12.0 Å². The largest absolute Gasteiger partial charge is 0.477 e. The van der Waals surface area contributed by atoms with Crippen LogP contribution >= 0.6 is 0 Å². The highest BCUT2D eigenvalue weighted by molar-refractivity contribution is 6.01. The third-order valence-electron chi connectivity index (χ3n) is 6.18. The molecule has 1 aromatic carbocycles. The fourth-order valence-corrected chi connectivity index (χ4v) is 4.44. The smallest absolute Gasteiger partial charge is 0.341 e. The molecule has 9 nitrogen and oxygen atoms in total. The van der Waals surface area contributed by atoms with E-state index in [4.69, 9.17) is 4.84 Å². The second-order valence-electron chi connectivity index (χ2n) is 8.14. The first-order valence-electron chi connectivity index (χ1n) is 10.3. The molecule has 2 N–H and O–H groups in total. The Hall–Kier alpha value is -3.93. The zero-order valence-electron chi connectivity index (χ0n) is 17.8. The number of pyridine rings is 2. The van der Waals surface area contributed by atoms with Crippen molar-refractivity contribution in [1.29, 1.82) is 0 Å². The van der Waals surface area contributed by atoms with E-state index in [-0.39, 0.29) is 29.1 Å². The zero-order chi connectivity index (χ0) is 24.2. The number of carboxylic acid groups (broad SMARTS) is 1. The summed E-state index contributed by atoms with van der Waals surface area (Å²) in [5, 5.41) is 16.4. The van der Waals surface area contributed by atoms with E-state index in [9.17, 15) is 23.5 Å². The van der Waals surface area contributed by atoms with Crippen molar-refractivity contribution < 1.29 is 27.9 Å². The maximum absolute atomic E-state index is 15.2. The third kappa shape index (κ3) is 3.29. The summed E-state index contributed by atoms with van der Waals surface area (Å²) >= 11 is 0. The van der Waals surface area contributed by atoms with Gasteiger partial charge in [-0.15, -0.1) is 0 Å². The zero-order valence-corrected chi connectivity index (χ0v) is 17.8. The van der Waals surface area contributed by atoms with Gasteiger partial charge in [0.2, 0.25) is 5.43 Å². The second kappa shape index (κ2) is 7.83. The Bertz CT molecular complexity index is 1430. The number of aromatic carboxylic acids is 1. The molecule has 2 aromatic heterocycles. The van der Waals surface area contributed by atoms with Crippen molar-refractivity contribution in [3.63, 3.8) is 0 Å². The lowest BCUT2D eigenvalue weighted by Gasteiger charge is -2.39. The van der Waals surface area contributed by atoms with Crippen molar-refractivity contribution in [3.05, 3.63) is 63.7 Å². The molecule has 176 valence electrons. The molecule has 34 heavy (non-hydrogen) atoms. The summed E-state index contributed by atoms with van der Waals surface area (Å²) in [7, 11) is 1.41. The van der Waals surface area contributed by atoms with Gasteiger partial charge in [0.25, 0.3) is 0 Å². The van der Waals surface area contributed by atoms with Gasteiger partial charge >= 0.3 is 5.97 Å². The molecule has 1 spiro atoms. The van der Waals surface area contributed by atoms with Gasteiger partial charge < -0.3 is 20.2 Å². The molecule has 0 bridgehead atoms. The maximum Gasteiger partial charge on any atom is 0.341 e. The number of nitrogens with zero attached hydrogens (tertiary/aromatic N) is 4. The molecule has 2 saturated heterocycles. The van der Waals surface area contributed by atoms with Crippen LogP contribution in [-0.4, -0.2) is 58.6 Å². The van der Waals surface area contributed by atoms with Crippen molar-refractivity contribution in [2.24, 2.45) is 5.16 Å². The van der Waals surface area contributed by atoms with E-state index in [1.807, 2.05) is 0 Å². The van der Waals surface area contributed by atoms with Crippen molar-refractivity contribution in [2.75, 3.05) is 31.6 Å². The summed E-state index contributed by atoms with van der Waals surface area (Å²) < 4.78 is 44.4. The van der Waals surface area contributed by atoms with Crippen LogP contribution in [0.25, 0.3) is 16.7 Å². The van der Waals surface area contributed by atoms with E-state index >= 15 is 4.39 Å². The Morgan fingerprint density at radius 2 is 2.03 bits per heavy atom. The van der Waals surface area contributed by atoms with Crippen molar-refractivity contribution in [3.8, 4) is 5.69 Å². The molecular weight excluding hydrogens is 455 g/mol. The van der Waals surface area contributed by atoms with Gasteiger partial charge in [0.05, 0.1) is 28.9 Å². The molecule has 5 rings (SSSR count). The van der Waals surface area contributed by atoms with Gasteiger partial charge in [0.1, 0.15) is 24.3 Å². The van der Waals surface area contributed by atoms with Crippen molar-refractivity contribution >= 4 is 28.5 Å². The Balaban J connectivity index is 1.73. The second-order valence-corrected chi connectivity index (χ2v) is 8.14. The van der Waals surface area contributed by atoms with E-state index in [0.717, 1.165) is 41.9 Å². The van der Waals surface area contributed by atoms with E-state index in [1.165, 1.54) is 7.11 Å². The predicted molar refractivity (Wildman–Crippen MR) is 116 cm³/mol. The lowest BCUT2D eigenvalue weighted by atomic mass is 9.85. The number of rotatable bonds is 4. The predicted octanol–water partition coefficient (Wildman–Crippen LogP) is 2.06. The lowest BCUT2D eigenvalue weighted by Crippen LogP contribution is -2.62. The summed E-state index contributed by atoms with van der Waals surface area (Å²) in [6, 6.07) is 3.56. The Morgan fingerprint density at radius 3 is 2.65 bits per heavy atom. The summed E-state index contributed by atoms with van der Waals surface area (Å²) in [4.78, 5) is 35.2. The van der Waals surface area contributed by atoms with E-state index in [2.05, 4.69) is 15.5 Å². The first-order valence-corrected chi connectivity index (χ1v) is 10.3. The molecule has 12 heteroatoms. The van der Waals surface area contributed by atoms with Crippen LogP contribution in [0.15, 0.2) is 40.4 Å². The van der Waals surface area contributed by atoms with Crippen molar-refractivity contribution in [1.82, 2.24) is 14.9 Å². The highest BCUT2D eigenvalue weighted by atomic mass is 19.1. The van der Waals surface area contributed by atoms with E-state index in [1.54, 1.807) is 4.90 Å². The molecule has 2 aliphatic rings. The van der Waals surface area contributed by atoms with Crippen LogP contribution in [0.2, 0.25) is 0 Å². The van der Waals surface area contributed by atoms with Crippen LogP contribution in [0.5, 0.6) is 0 Å². The summed E-state index contributed by atoms with van der Waals surface area (Å²) in [5.41, 5.74) is -1.94. The number of carboxylic acids is 1. The molecule has 0 aliphatic carbocycles. The monoisotopic (exact) mass is 473 g/mol. The third-order valence-corrected chi connectivity index (χ3v) is 6.18. The van der Waals surface area contributed by atoms with Gasteiger partial charge in [-0.05, 0) is 31.2 Å². The first kappa shape index (κ1) is 21.9. The van der Waals surface area contributed by atoms with Crippen LogP contribution in [0.1, 0.15) is 16.8 Å². The Kier molecular flexibility index (Phi) is 5.04. The highest BCUT2D eigenvalue weighted by Gasteiger charge is 2.49. The number of carbonyl (C=O) groups is 1. The number of oxime groups is 1. The number of nitrogens with one attached hydrogen (secondary N) is 1. The number of hydrogen-bond acceptors (Lipinski definition) is 7. The van der Waals surface area contributed by atoms with Crippen LogP contribution < -0.4 is 15.6 Å². The molecule has 0 saturated carbocycles.